The maximum absolute atomic E-state index is 13.5. The van der Waals surface area contributed by atoms with E-state index in [9.17, 15) is 8.42 Å². The van der Waals surface area contributed by atoms with Crippen LogP contribution in [0.5, 0.6) is 0 Å². The Labute approximate surface area is 169 Å². The van der Waals surface area contributed by atoms with Gasteiger partial charge >= 0.3 is 0 Å². The predicted molar refractivity (Wildman–Crippen MR) is 111 cm³/mol. The third kappa shape index (κ3) is 3.36. The van der Waals surface area contributed by atoms with Gasteiger partial charge < -0.3 is 9.64 Å². The highest BCUT2D eigenvalue weighted by molar-refractivity contribution is 7.91. The summed E-state index contributed by atoms with van der Waals surface area (Å²) in [5.41, 5.74) is 3.35. The molecule has 1 saturated heterocycles. The lowest BCUT2D eigenvalue weighted by molar-refractivity contribution is 0.122. The van der Waals surface area contributed by atoms with Gasteiger partial charge in [-0.15, -0.1) is 0 Å². The molecule has 3 aromatic rings. The van der Waals surface area contributed by atoms with Gasteiger partial charge in [0.2, 0.25) is 9.84 Å². The van der Waals surface area contributed by atoms with Crippen molar-refractivity contribution in [2.45, 2.75) is 23.6 Å². The summed E-state index contributed by atoms with van der Waals surface area (Å²) in [6.07, 6.45) is 1.46. The van der Waals surface area contributed by atoms with Crippen molar-refractivity contribution in [3.05, 3.63) is 58.7 Å². The minimum Gasteiger partial charge on any atom is -0.378 e. The fourth-order valence-electron chi connectivity index (χ4n) is 3.45. The zero-order valence-electron chi connectivity index (χ0n) is 15.8. The average Bonchev–Trinajstić information content (AvgIpc) is 2.69. The molecule has 146 valence electrons. The van der Waals surface area contributed by atoms with Crippen LogP contribution in [0.25, 0.3) is 10.9 Å². The molecule has 0 amide bonds. The summed E-state index contributed by atoms with van der Waals surface area (Å²) >= 11 is 6.20. The number of aromatic nitrogens is 1. The van der Waals surface area contributed by atoms with E-state index >= 15 is 0 Å². The molecule has 5 nitrogen and oxygen atoms in total. The van der Waals surface area contributed by atoms with Crippen LogP contribution >= 0.6 is 11.6 Å². The number of aryl methyl sites for hydroxylation is 2. The van der Waals surface area contributed by atoms with Crippen molar-refractivity contribution in [2.24, 2.45) is 0 Å². The highest BCUT2D eigenvalue weighted by Crippen LogP contribution is 2.37. The number of hydrogen-bond acceptors (Lipinski definition) is 5. The molecule has 1 aliphatic rings. The number of ether oxygens (including phenoxy) is 1. The van der Waals surface area contributed by atoms with E-state index in [4.69, 9.17) is 16.3 Å². The van der Waals surface area contributed by atoms with E-state index in [0.29, 0.717) is 37.0 Å². The van der Waals surface area contributed by atoms with Gasteiger partial charge in [-0.3, -0.25) is 4.98 Å². The molecule has 1 aromatic heterocycles. The molecule has 0 saturated carbocycles. The number of anilines is 1. The molecule has 4 rings (SSSR count). The number of halogens is 1. The highest BCUT2D eigenvalue weighted by Gasteiger charge is 2.28. The number of nitrogens with zero attached hydrogens (tertiary/aromatic N) is 2. The standard InChI is InChI=1S/C21H21ClN2O3S/c1-14-3-6-19-17(11-14)21(24-7-9-27-10-8-24)20(13-23-19)28(25,26)16-5-4-15(2)18(22)12-16/h3-6,11-13H,7-10H2,1-2H3. The van der Waals surface area contributed by atoms with Crippen LogP contribution in [-0.2, 0) is 14.6 Å². The van der Waals surface area contributed by atoms with Gasteiger partial charge in [-0.1, -0.05) is 29.3 Å². The summed E-state index contributed by atoms with van der Waals surface area (Å²) < 4.78 is 32.5. The van der Waals surface area contributed by atoms with E-state index in [1.807, 2.05) is 32.0 Å². The Morgan fingerprint density at radius 1 is 1.07 bits per heavy atom. The van der Waals surface area contributed by atoms with Crippen molar-refractivity contribution in [3.8, 4) is 0 Å². The first-order valence-corrected chi connectivity index (χ1v) is 11.0. The van der Waals surface area contributed by atoms with Crippen molar-refractivity contribution in [1.82, 2.24) is 4.98 Å². The van der Waals surface area contributed by atoms with Gasteiger partial charge in [-0.05, 0) is 43.7 Å². The quantitative estimate of drug-likeness (QED) is 0.641. The molecule has 7 heteroatoms. The van der Waals surface area contributed by atoms with Gasteiger partial charge in [0.25, 0.3) is 0 Å². The zero-order chi connectivity index (χ0) is 19.9. The molecule has 1 aliphatic heterocycles. The van der Waals surface area contributed by atoms with E-state index < -0.39 is 9.84 Å². The van der Waals surface area contributed by atoms with Crippen molar-refractivity contribution < 1.29 is 13.2 Å². The number of benzene rings is 2. The van der Waals surface area contributed by atoms with Gasteiger partial charge in [-0.25, -0.2) is 8.42 Å². The second kappa shape index (κ2) is 7.35. The van der Waals surface area contributed by atoms with Crippen molar-refractivity contribution in [1.29, 1.82) is 0 Å². The summed E-state index contributed by atoms with van der Waals surface area (Å²) in [6.45, 7) is 6.22. The summed E-state index contributed by atoms with van der Waals surface area (Å²) in [4.78, 5) is 6.89. The van der Waals surface area contributed by atoms with Gasteiger partial charge in [0.05, 0.1) is 29.3 Å². The van der Waals surface area contributed by atoms with Crippen molar-refractivity contribution in [2.75, 3.05) is 31.2 Å². The van der Waals surface area contributed by atoms with Crippen LogP contribution in [0.3, 0.4) is 0 Å². The maximum atomic E-state index is 13.5. The molecule has 0 atom stereocenters. The number of pyridine rings is 1. The van der Waals surface area contributed by atoms with E-state index in [2.05, 4.69) is 9.88 Å². The van der Waals surface area contributed by atoms with Crippen molar-refractivity contribution >= 4 is 38.0 Å². The minimum atomic E-state index is -3.79. The Hall–Kier alpha value is -2.15. The normalized spacial score (nSPS) is 15.2. The van der Waals surface area contributed by atoms with Crippen LogP contribution in [-0.4, -0.2) is 39.7 Å². The van der Waals surface area contributed by atoms with Crippen LogP contribution in [0.2, 0.25) is 5.02 Å². The van der Waals surface area contributed by atoms with Crippen LogP contribution in [0.4, 0.5) is 5.69 Å². The lowest BCUT2D eigenvalue weighted by atomic mass is 10.1. The molecule has 0 radical (unpaired) electrons. The monoisotopic (exact) mass is 416 g/mol. The van der Waals surface area contributed by atoms with E-state index in [-0.39, 0.29) is 9.79 Å². The number of sulfone groups is 1. The SMILES string of the molecule is Cc1ccc2ncc(S(=O)(=O)c3ccc(C)c(Cl)c3)c(N3CCOCC3)c2c1. The second-order valence-electron chi connectivity index (χ2n) is 7.01. The number of morpholine rings is 1. The van der Waals surface area contributed by atoms with Crippen LogP contribution in [0.15, 0.2) is 52.4 Å². The average molecular weight is 417 g/mol. The van der Waals surface area contributed by atoms with Gasteiger partial charge in [0.15, 0.2) is 0 Å². The fourth-order valence-corrected chi connectivity index (χ4v) is 5.16. The Morgan fingerprint density at radius 3 is 2.54 bits per heavy atom. The Bertz CT molecular complexity index is 1160. The van der Waals surface area contributed by atoms with E-state index in [1.54, 1.807) is 12.1 Å². The predicted octanol–water partition coefficient (Wildman–Crippen LogP) is 4.17. The van der Waals surface area contributed by atoms with E-state index in [0.717, 1.165) is 22.0 Å². The molecule has 28 heavy (non-hydrogen) atoms. The molecular weight excluding hydrogens is 396 g/mol. The zero-order valence-corrected chi connectivity index (χ0v) is 17.3. The second-order valence-corrected chi connectivity index (χ2v) is 9.33. The number of rotatable bonds is 3. The molecule has 0 aliphatic carbocycles. The Kier molecular flexibility index (Phi) is 5.04. The Balaban J connectivity index is 1.98. The largest absolute Gasteiger partial charge is 0.378 e. The van der Waals surface area contributed by atoms with Gasteiger partial charge in [0.1, 0.15) is 4.90 Å². The molecule has 0 spiro atoms. The first kappa shape index (κ1) is 19.2. The van der Waals surface area contributed by atoms with Crippen molar-refractivity contribution in [3.63, 3.8) is 0 Å². The van der Waals surface area contributed by atoms with Gasteiger partial charge in [0, 0.05) is 29.7 Å². The lowest BCUT2D eigenvalue weighted by Crippen LogP contribution is -2.37. The molecular formula is C21H21ClN2O3S. The molecule has 2 aromatic carbocycles. The number of hydrogen-bond donors (Lipinski definition) is 0. The van der Waals surface area contributed by atoms with Gasteiger partial charge in [-0.2, -0.15) is 0 Å². The topological polar surface area (TPSA) is 59.5 Å². The van der Waals surface area contributed by atoms with Crippen LogP contribution in [0.1, 0.15) is 11.1 Å². The first-order valence-electron chi connectivity index (χ1n) is 9.11. The van der Waals surface area contributed by atoms with E-state index in [1.165, 1.54) is 12.3 Å². The molecule has 0 N–H and O–H groups in total. The summed E-state index contributed by atoms with van der Waals surface area (Å²) in [6, 6.07) is 10.7. The lowest BCUT2D eigenvalue weighted by Gasteiger charge is -2.31. The minimum absolute atomic E-state index is 0.173. The van der Waals surface area contributed by atoms with Crippen LogP contribution in [0, 0.1) is 13.8 Å². The summed E-state index contributed by atoms with van der Waals surface area (Å²) in [7, 11) is -3.79. The maximum Gasteiger partial charge on any atom is 0.210 e. The summed E-state index contributed by atoms with van der Waals surface area (Å²) in [5, 5.41) is 1.26. The summed E-state index contributed by atoms with van der Waals surface area (Å²) in [5.74, 6) is 0. The Morgan fingerprint density at radius 2 is 1.82 bits per heavy atom. The first-order chi connectivity index (χ1) is 13.4. The molecule has 0 bridgehead atoms. The third-order valence-corrected chi connectivity index (χ3v) is 7.19. The fraction of sp³-hybridized carbons (Fsp3) is 0.286. The smallest absolute Gasteiger partial charge is 0.210 e. The highest BCUT2D eigenvalue weighted by atomic mass is 35.5. The molecule has 2 heterocycles. The number of fused-ring (bicyclic) bond motifs is 1. The molecule has 1 fully saturated rings. The van der Waals surface area contributed by atoms with Crippen LogP contribution < -0.4 is 4.90 Å². The molecule has 0 unspecified atom stereocenters. The third-order valence-electron chi connectivity index (χ3n) is 5.03.